The molecule has 9 nitrogen and oxygen atoms in total. The molecule has 0 radical (unpaired) electrons. The van der Waals surface area contributed by atoms with Gasteiger partial charge in [0, 0.05) is 12.5 Å². The molecule has 0 saturated carbocycles. The molecule has 0 aliphatic carbocycles. The van der Waals surface area contributed by atoms with Gasteiger partial charge in [-0.1, -0.05) is 30.3 Å². The van der Waals surface area contributed by atoms with Gasteiger partial charge < -0.3 is 14.2 Å². The number of aromatic nitrogens is 4. The van der Waals surface area contributed by atoms with Crippen molar-refractivity contribution < 1.29 is 18.4 Å². The van der Waals surface area contributed by atoms with E-state index in [4.69, 9.17) is 8.83 Å². The van der Waals surface area contributed by atoms with E-state index < -0.39 is 5.91 Å². The first-order valence-electron chi connectivity index (χ1n) is 8.40. The van der Waals surface area contributed by atoms with Gasteiger partial charge >= 0.3 is 0 Å². The fourth-order valence-electron chi connectivity index (χ4n) is 2.60. The van der Waals surface area contributed by atoms with Gasteiger partial charge in [-0.05, 0) is 12.1 Å². The number of hydrogen-bond acceptors (Lipinski definition) is 7. The third-order valence-corrected chi connectivity index (χ3v) is 3.90. The number of ketones is 1. The summed E-state index contributed by atoms with van der Waals surface area (Å²) in [5.74, 6) is 0.811. The van der Waals surface area contributed by atoms with Gasteiger partial charge in [-0.3, -0.25) is 9.59 Å². The van der Waals surface area contributed by atoms with Crippen molar-refractivity contribution in [3.8, 4) is 11.3 Å². The number of hydrogen-bond donors (Lipinski definition) is 1. The summed E-state index contributed by atoms with van der Waals surface area (Å²) in [4.78, 5) is 29.2. The van der Waals surface area contributed by atoms with Crippen LogP contribution in [0.4, 0.5) is 5.82 Å². The largest absolute Gasteiger partial charge is 0.456 e. The van der Waals surface area contributed by atoms with Crippen LogP contribution >= 0.6 is 0 Å². The van der Waals surface area contributed by atoms with Gasteiger partial charge in [-0.15, -0.1) is 5.10 Å². The lowest BCUT2D eigenvalue weighted by Crippen LogP contribution is -2.14. The Morgan fingerprint density at radius 3 is 2.71 bits per heavy atom. The third kappa shape index (κ3) is 3.58. The lowest BCUT2D eigenvalue weighted by molar-refractivity contribution is 0.0983. The molecule has 9 heteroatoms. The van der Waals surface area contributed by atoms with E-state index in [-0.39, 0.29) is 29.6 Å². The first kappa shape index (κ1) is 17.4. The average molecular weight is 377 g/mol. The number of nitrogens with zero attached hydrogens (tertiary/aromatic N) is 4. The average Bonchev–Trinajstić information content (AvgIpc) is 3.43. The maximum atomic E-state index is 12.5. The highest BCUT2D eigenvalue weighted by molar-refractivity contribution is 6.05. The quantitative estimate of drug-likeness (QED) is 0.513. The van der Waals surface area contributed by atoms with Gasteiger partial charge in [0.25, 0.3) is 5.91 Å². The van der Waals surface area contributed by atoms with Crippen molar-refractivity contribution >= 4 is 17.5 Å². The number of amides is 1. The number of Topliss-reactive ketones (excluding diaryl/α,β-unsaturated/α-hetero) is 1. The zero-order valence-corrected chi connectivity index (χ0v) is 14.8. The van der Waals surface area contributed by atoms with Crippen LogP contribution in [0.15, 0.2) is 63.9 Å². The Balaban J connectivity index is 1.46. The highest BCUT2D eigenvalue weighted by atomic mass is 16.4. The Bertz CT molecular complexity index is 1130. The lowest BCUT2D eigenvalue weighted by Gasteiger charge is -2.01. The van der Waals surface area contributed by atoms with E-state index in [2.05, 4.69) is 20.5 Å². The Morgan fingerprint density at radius 1 is 1.14 bits per heavy atom. The zero-order chi connectivity index (χ0) is 19.5. The van der Waals surface area contributed by atoms with Crippen LogP contribution in [0.3, 0.4) is 0 Å². The number of oxazole rings is 1. The predicted molar refractivity (Wildman–Crippen MR) is 97.7 cm³/mol. The molecule has 0 aliphatic heterocycles. The topological polar surface area (TPSA) is 116 Å². The molecular weight excluding hydrogens is 362 g/mol. The number of benzene rings is 1. The second-order valence-corrected chi connectivity index (χ2v) is 5.93. The highest BCUT2D eigenvalue weighted by Gasteiger charge is 2.19. The molecule has 1 aromatic carbocycles. The molecule has 0 fully saturated rings. The maximum absolute atomic E-state index is 12.5. The summed E-state index contributed by atoms with van der Waals surface area (Å²) < 4.78 is 10.8. The number of nitrogens with one attached hydrogen (secondary N) is 1. The minimum absolute atomic E-state index is 0.151. The number of furan rings is 1. The third-order valence-electron chi connectivity index (χ3n) is 3.90. The van der Waals surface area contributed by atoms with Crippen molar-refractivity contribution in [2.45, 2.75) is 13.5 Å². The molecule has 0 spiro atoms. The Kier molecular flexibility index (Phi) is 4.55. The summed E-state index contributed by atoms with van der Waals surface area (Å²) in [6, 6.07) is 12.5. The molecule has 3 aromatic heterocycles. The fraction of sp³-hybridized carbons (Fsp3) is 0.105. The van der Waals surface area contributed by atoms with E-state index in [1.807, 2.05) is 30.3 Å². The van der Waals surface area contributed by atoms with Crippen molar-refractivity contribution in [1.29, 1.82) is 0 Å². The molecule has 4 rings (SSSR count). The molecule has 0 unspecified atom stereocenters. The molecule has 0 saturated heterocycles. The van der Waals surface area contributed by atoms with Gasteiger partial charge in [-0.25, -0.2) is 4.98 Å². The standard InChI is InChI=1S/C19H15N5O4/c1-12(25)15-8-7-14(28-15)10-24-21-9-16(23-24)22-19(26)17-18(27-11-20-17)13-5-3-2-4-6-13/h2-9,11H,10H2,1H3,(H,22,23,26). The Hall–Kier alpha value is -4.01. The summed E-state index contributed by atoms with van der Waals surface area (Å²) in [5, 5.41) is 10.9. The van der Waals surface area contributed by atoms with Crippen LogP contribution in [-0.4, -0.2) is 31.7 Å². The van der Waals surface area contributed by atoms with Crippen LogP contribution in [0, 0.1) is 0 Å². The van der Waals surface area contributed by atoms with Crippen molar-refractivity contribution in [2.24, 2.45) is 0 Å². The molecule has 1 N–H and O–H groups in total. The van der Waals surface area contributed by atoms with Crippen LogP contribution in [0.2, 0.25) is 0 Å². The molecule has 0 bridgehead atoms. The first-order valence-corrected chi connectivity index (χ1v) is 8.40. The summed E-state index contributed by atoms with van der Waals surface area (Å²) in [6.07, 6.45) is 2.63. The molecule has 0 atom stereocenters. The molecule has 140 valence electrons. The maximum Gasteiger partial charge on any atom is 0.279 e. The van der Waals surface area contributed by atoms with E-state index in [9.17, 15) is 9.59 Å². The van der Waals surface area contributed by atoms with Crippen LogP contribution in [0.5, 0.6) is 0 Å². The Labute approximate surface area is 159 Å². The monoisotopic (exact) mass is 377 g/mol. The SMILES string of the molecule is CC(=O)c1ccc(Cn2ncc(NC(=O)c3ncoc3-c3ccccc3)n2)o1. The number of carbonyl (C=O) groups is 2. The molecule has 3 heterocycles. The predicted octanol–water partition coefficient (Wildman–Crippen LogP) is 3.03. The van der Waals surface area contributed by atoms with Gasteiger partial charge in [0.15, 0.2) is 35.2 Å². The van der Waals surface area contributed by atoms with E-state index in [0.717, 1.165) is 5.56 Å². The Morgan fingerprint density at radius 2 is 1.96 bits per heavy atom. The molecule has 0 aliphatic rings. The van der Waals surface area contributed by atoms with Crippen LogP contribution < -0.4 is 5.32 Å². The lowest BCUT2D eigenvalue weighted by atomic mass is 10.1. The zero-order valence-electron chi connectivity index (χ0n) is 14.8. The van der Waals surface area contributed by atoms with Crippen molar-refractivity contribution in [2.75, 3.05) is 5.32 Å². The van der Waals surface area contributed by atoms with Gasteiger partial charge in [0.2, 0.25) is 0 Å². The second-order valence-electron chi connectivity index (χ2n) is 5.93. The molecule has 4 aromatic rings. The summed E-state index contributed by atoms with van der Waals surface area (Å²) in [5.41, 5.74) is 0.894. The van der Waals surface area contributed by atoms with Crippen LogP contribution in [0.25, 0.3) is 11.3 Å². The summed E-state index contributed by atoms with van der Waals surface area (Å²) >= 11 is 0. The number of carbonyl (C=O) groups excluding carboxylic acids is 2. The van der Waals surface area contributed by atoms with E-state index in [1.165, 1.54) is 24.3 Å². The van der Waals surface area contributed by atoms with Crippen molar-refractivity contribution in [3.63, 3.8) is 0 Å². The fourth-order valence-corrected chi connectivity index (χ4v) is 2.60. The van der Waals surface area contributed by atoms with E-state index >= 15 is 0 Å². The minimum Gasteiger partial charge on any atom is -0.456 e. The highest BCUT2D eigenvalue weighted by Crippen LogP contribution is 2.23. The van der Waals surface area contributed by atoms with Crippen molar-refractivity contribution in [1.82, 2.24) is 20.0 Å². The minimum atomic E-state index is -0.462. The van der Waals surface area contributed by atoms with Gasteiger partial charge in [0.05, 0.1) is 6.20 Å². The molecule has 1 amide bonds. The second kappa shape index (κ2) is 7.31. The smallest absolute Gasteiger partial charge is 0.279 e. The van der Waals surface area contributed by atoms with E-state index in [0.29, 0.717) is 11.5 Å². The number of anilines is 1. The summed E-state index contributed by atoms with van der Waals surface area (Å²) in [7, 11) is 0. The van der Waals surface area contributed by atoms with Gasteiger partial charge in [0.1, 0.15) is 12.3 Å². The summed E-state index contributed by atoms with van der Waals surface area (Å²) in [6.45, 7) is 1.65. The van der Waals surface area contributed by atoms with Gasteiger partial charge in [-0.2, -0.15) is 9.90 Å². The number of rotatable bonds is 6. The molecule has 28 heavy (non-hydrogen) atoms. The molecular formula is C19H15N5O4. The van der Waals surface area contributed by atoms with E-state index in [1.54, 1.807) is 12.1 Å². The van der Waals surface area contributed by atoms with Crippen LogP contribution in [-0.2, 0) is 6.54 Å². The first-order chi connectivity index (χ1) is 13.6. The normalized spacial score (nSPS) is 10.8. The van der Waals surface area contributed by atoms with Crippen LogP contribution in [0.1, 0.15) is 33.7 Å². The van der Waals surface area contributed by atoms with Crippen molar-refractivity contribution in [3.05, 3.63) is 72.3 Å².